The van der Waals surface area contributed by atoms with E-state index in [0.717, 1.165) is 32.6 Å². The largest absolute Gasteiger partial charge is 0.502 e. The number of carbonyl (C=O) groups is 2. The first-order valence-electron chi connectivity index (χ1n) is 15.8. The maximum Gasteiger partial charge on any atom is 0.460 e. The SMILES string of the molecule is CCO/C=C\C1CC(/C=C/C(C)OC(/C=C\c2ccccc2)C(CC(=O)OC)C(=O)OC)CC1C(F)(F)C(F)(F)C(F)(F)C(F)(F)C(F)(F)C(F)(F)F. The van der Waals surface area contributed by atoms with Crippen LogP contribution in [0.1, 0.15) is 38.7 Å². The van der Waals surface area contributed by atoms with E-state index < -0.39 is 103 Å². The van der Waals surface area contributed by atoms with Crippen molar-refractivity contribution in [2.45, 2.75) is 81.1 Å². The van der Waals surface area contributed by atoms with E-state index >= 15 is 8.78 Å². The summed E-state index contributed by atoms with van der Waals surface area (Å²) in [6, 6.07) is 8.50. The van der Waals surface area contributed by atoms with E-state index in [1.807, 2.05) is 0 Å². The molecule has 1 fully saturated rings. The van der Waals surface area contributed by atoms with Crippen molar-refractivity contribution in [2.24, 2.45) is 23.7 Å². The van der Waals surface area contributed by atoms with Crippen molar-refractivity contribution in [3.8, 4) is 0 Å². The summed E-state index contributed by atoms with van der Waals surface area (Å²) in [4.78, 5) is 24.7. The van der Waals surface area contributed by atoms with Crippen LogP contribution < -0.4 is 0 Å². The minimum absolute atomic E-state index is 0.0993. The predicted octanol–water partition coefficient (Wildman–Crippen LogP) is 9.31. The van der Waals surface area contributed by atoms with Crippen LogP contribution in [0.15, 0.2) is 60.9 Å². The van der Waals surface area contributed by atoms with Gasteiger partial charge in [0.05, 0.1) is 51.6 Å². The zero-order valence-electron chi connectivity index (χ0n) is 28.5. The molecule has 0 aromatic heterocycles. The molecular formula is C34H37F13O6. The van der Waals surface area contributed by atoms with Crippen LogP contribution in [-0.2, 0) is 28.5 Å². The highest BCUT2D eigenvalue weighted by molar-refractivity contribution is 5.80. The molecule has 6 atom stereocenters. The van der Waals surface area contributed by atoms with E-state index in [1.54, 1.807) is 30.3 Å². The highest BCUT2D eigenvalue weighted by atomic mass is 19.4. The van der Waals surface area contributed by atoms with Gasteiger partial charge < -0.3 is 18.9 Å². The number of carbonyl (C=O) groups excluding carboxylic acids is 2. The fraction of sp³-hybridized carbons (Fsp3) is 0.588. The Kier molecular flexibility index (Phi) is 15.1. The maximum atomic E-state index is 15.4. The molecule has 0 spiro atoms. The Morgan fingerprint density at radius 2 is 1.38 bits per heavy atom. The van der Waals surface area contributed by atoms with Crippen LogP contribution in [-0.4, -0.2) is 80.8 Å². The zero-order valence-corrected chi connectivity index (χ0v) is 28.5. The molecule has 19 heteroatoms. The van der Waals surface area contributed by atoms with Gasteiger partial charge in [-0.25, -0.2) is 0 Å². The Morgan fingerprint density at radius 1 is 0.792 bits per heavy atom. The summed E-state index contributed by atoms with van der Waals surface area (Å²) in [5.41, 5.74) is 0.636. The molecule has 0 heterocycles. The minimum Gasteiger partial charge on any atom is -0.502 e. The van der Waals surface area contributed by atoms with Gasteiger partial charge in [0, 0.05) is 5.92 Å². The highest BCUT2D eigenvalue weighted by Gasteiger charge is 2.91. The van der Waals surface area contributed by atoms with Gasteiger partial charge in [0.25, 0.3) is 0 Å². The van der Waals surface area contributed by atoms with Crippen molar-refractivity contribution in [3.63, 3.8) is 0 Å². The Bertz CT molecular complexity index is 1440. The predicted molar refractivity (Wildman–Crippen MR) is 162 cm³/mol. The van der Waals surface area contributed by atoms with Crippen molar-refractivity contribution in [3.05, 3.63) is 66.5 Å². The van der Waals surface area contributed by atoms with Crippen molar-refractivity contribution in [1.29, 1.82) is 0 Å². The number of rotatable bonds is 18. The lowest BCUT2D eigenvalue weighted by molar-refractivity contribution is -0.443. The van der Waals surface area contributed by atoms with Gasteiger partial charge in [0.15, 0.2) is 0 Å². The molecule has 0 N–H and O–H groups in total. The van der Waals surface area contributed by atoms with Gasteiger partial charge in [-0.15, -0.1) is 0 Å². The smallest absolute Gasteiger partial charge is 0.460 e. The zero-order chi connectivity index (χ0) is 40.6. The number of hydrogen-bond donors (Lipinski definition) is 0. The molecular weight excluding hydrogens is 751 g/mol. The Morgan fingerprint density at radius 3 is 1.91 bits per heavy atom. The first-order chi connectivity index (χ1) is 24.3. The molecule has 1 saturated carbocycles. The quantitative estimate of drug-likeness (QED) is 0.0640. The standard InChI is InChI=1S/C34H37F13O6/c1-5-52-16-15-23-17-22(18-25(23)29(35,36)30(37,38)31(39,40)32(41,42)33(43,44)34(45,46)47)12-11-20(2)53-26(14-13-21-9-7-6-8-10-21)24(28(49)51-4)19-27(48)50-3/h6-16,20,22-26H,5,17-19H2,1-4H3/b12-11+,14-13-,16-15-. The van der Waals surface area contributed by atoms with Gasteiger partial charge in [-0.05, 0) is 50.2 Å². The third-order valence-corrected chi connectivity index (χ3v) is 8.48. The second kappa shape index (κ2) is 17.6. The molecule has 1 aromatic carbocycles. The summed E-state index contributed by atoms with van der Waals surface area (Å²) in [5, 5.41) is 0. The number of allylic oxidation sites excluding steroid dienone is 2. The molecule has 1 aromatic rings. The van der Waals surface area contributed by atoms with Crippen molar-refractivity contribution >= 4 is 18.0 Å². The van der Waals surface area contributed by atoms with E-state index in [4.69, 9.17) is 14.2 Å². The second-order valence-corrected chi connectivity index (χ2v) is 12.1. The number of hydrogen-bond acceptors (Lipinski definition) is 6. The average Bonchev–Trinajstić information content (AvgIpc) is 3.51. The summed E-state index contributed by atoms with van der Waals surface area (Å²) in [5.74, 6) is -46.6. The molecule has 53 heavy (non-hydrogen) atoms. The molecule has 1 aliphatic carbocycles. The lowest BCUT2D eigenvalue weighted by Gasteiger charge is -2.42. The number of halogens is 13. The molecule has 0 aliphatic heterocycles. The van der Waals surface area contributed by atoms with Crippen LogP contribution in [0.25, 0.3) is 6.08 Å². The van der Waals surface area contributed by atoms with Crippen LogP contribution in [0.3, 0.4) is 0 Å². The summed E-state index contributed by atoms with van der Waals surface area (Å²) < 4.78 is 202. The van der Waals surface area contributed by atoms with Crippen LogP contribution in [0.5, 0.6) is 0 Å². The van der Waals surface area contributed by atoms with E-state index in [9.17, 15) is 57.9 Å². The van der Waals surface area contributed by atoms with E-state index in [2.05, 4.69) is 4.74 Å². The van der Waals surface area contributed by atoms with Gasteiger partial charge in [0.2, 0.25) is 0 Å². The third kappa shape index (κ3) is 9.86. The summed E-state index contributed by atoms with van der Waals surface area (Å²) >= 11 is 0. The van der Waals surface area contributed by atoms with Crippen molar-refractivity contribution in [2.75, 3.05) is 20.8 Å². The first kappa shape index (κ1) is 45.4. The lowest BCUT2D eigenvalue weighted by Crippen LogP contribution is -2.71. The van der Waals surface area contributed by atoms with Gasteiger partial charge in [-0.3, -0.25) is 9.59 Å². The number of methoxy groups -OCH3 is 2. The summed E-state index contributed by atoms with van der Waals surface area (Å²) in [7, 11) is 2.10. The first-order valence-corrected chi connectivity index (χ1v) is 15.8. The molecule has 6 unspecified atom stereocenters. The molecule has 0 amide bonds. The van der Waals surface area contributed by atoms with E-state index in [-0.39, 0.29) is 6.61 Å². The molecule has 6 nitrogen and oxygen atoms in total. The van der Waals surface area contributed by atoms with Gasteiger partial charge in [-0.1, -0.05) is 54.6 Å². The second-order valence-electron chi connectivity index (χ2n) is 12.1. The Labute approximate surface area is 296 Å². The molecule has 0 bridgehead atoms. The fourth-order valence-corrected chi connectivity index (χ4v) is 5.56. The molecule has 300 valence electrons. The summed E-state index contributed by atoms with van der Waals surface area (Å²) in [6.45, 7) is 2.68. The topological polar surface area (TPSA) is 71.1 Å². The monoisotopic (exact) mass is 788 g/mol. The number of esters is 2. The minimum atomic E-state index is -8.01. The lowest BCUT2D eigenvalue weighted by atomic mass is 9.82. The van der Waals surface area contributed by atoms with Crippen LogP contribution in [0.4, 0.5) is 57.1 Å². The normalized spacial score (nSPS) is 21.3. The van der Waals surface area contributed by atoms with Gasteiger partial charge >= 0.3 is 47.7 Å². The van der Waals surface area contributed by atoms with Crippen LogP contribution >= 0.6 is 0 Å². The highest BCUT2D eigenvalue weighted by Crippen LogP contribution is 2.63. The third-order valence-electron chi connectivity index (χ3n) is 8.48. The van der Waals surface area contributed by atoms with E-state index in [1.165, 1.54) is 32.1 Å². The number of alkyl halides is 13. The Balaban J connectivity index is 2.47. The number of ether oxygens (including phenoxy) is 4. The van der Waals surface area contributed by atoms with Gasteiger partial charge in [0.1, 0.15) is 0 Å². The van der Waals surface area contributed by atoms with Gasteiger partial charge in [-0.2, -0.15) is 57.1 Å². The molecule has 1 aliphatic rings. The maximum absolute atomic E-state index is 15.4. The Hall–Kier alpha value is -3.77. The number of benzene rings is 1. The summed E-state index contributed by atoms with van der Waals surface area (Å²) in [6.07, 6.45) is -5.35. The van der Waals surface area contributed by atoms with Crippen molar-refractivity contribution in [1.82, 2.24) is 0 Å². The van der Waals surface area contributed by atoms with Crippen molar-refractivity contribution < 1.29 is 85.6 Å². The van der Waals surface area contributed by atoms with E-state index in [0.29, 0.717) is 5.56 Å². The van der Waals surface area contributed by atoms with Crippen LogP contribution in [0.2, 0.25) is 0 Å². The average molecular weight is 789 g/mol. The molecule has 0 radical (unpaired) electrons. The molecule has 0 saturated heterocycles. The fourth-order valence-electron chi connectivity index (χ4n) is 5.56. The van der Waals surface area contributed by atoms with Crippen LogP contribution in [0, 0.1) is 23.7 Å². The molecule has 2 rings (SSSR count).